The Labute approximate surface area is 309 Å². The summed E-state index contributed by atoms with van der Waals surface area (Å²) >= 11 is 0. The van der Waals surface area contributed by atoms with Gasteiger partial charge in [0.15, 0.2) is 23.0 Å². The monoisotopic (exact) mass is 691 g/mol. The number of benzene rings is 7. The normalized spacial score (nSPS) is 16.4. The van der Waals surface area contributed by atoms with E-state index in [1.807, 2.05) is 78.9 Å². The summed E-state index contributed by atoms with van der Waals surface area (Å²) in [5.41, 5.74) is 15.5. The van der Waals surface area contributed by atoms with E-state index >= 15 is 0 Å². The lowest BCUT2D eigenvalue weighted by Gasteiger charge is -2.32. The number of amidine groups is 1. The molecule has 3 aliphatic rings. The van der Waals surface area contributed by atoms with Crippen LogP contribution in [0.15, 0.2) is 181 Å². The molecule has 7 heteroatoms. The number of anilines is 6. The molecule has 7 aromatic carbocycles. The first-order valence-corrected chi connectivity index (χ1v) is 17.7. The summed E-state index contributed by atoms with van der Waals surface area (Å²) in [5, 5.41) is 3.69. The third-order valence-electron chi connectivity index (χ3n) is 9.78. The first-order valence-electron chi connectivity index (χ1n) is 17.7. The summed E-state index contributed by atoms with van der Waals surface area (Å²) < 4.78 is 12.4. The Morgan fingerprint density at radius 3 is 1.17 bits per heavy atom. The molecule has 3 heterocycles. The Kier molecular flexibility index (Phi) is 8.31. The minimum absolute atomic E-state index is 0.286. The zero-order valence-electron chi connectivity index (χ0n) is 29.1. The molecule has 10 rings (SSSR count). The predicted octanol–water partition coefficient (Wildman–Crippen LogP) is 11.2. The highest BCUT2D eigenvalue weighted by Gasteiger charge is 2.39. The molecule has 0 aliphatic carbocycles. The summed E-state index contributed by atoms with van der Waals surface area (Å²) in [4.78, 5) is 8.40. The van der Waals surface area contributed by atoms with E-state index < -0.39 is 0 Å². The fraction of sp³-hybridized carbons (Fsp3) is 0.0652. The van der Waals surface area contributed by atoms with Crippen LogP contribution in [-0.2, 0) is 0 Å². The maximum absolute atomic E-state index is 6.19. The molecular formula is C46H37N5O2. The number of hydrogen-bond acceptors (Lipinski definition) is 6. The van der Waals surface area contributed by atoms with Crippen molar-refractivity contribution in [2.75, 3.05) is 16.8 Å². The van der Waals surface area contributed by atoms with E-state index in [9.17, 15) is 0 Å². The van der Waals surface area contributed by atoms with Crippen molar-refractivity contribution in [1.29, 1.82) is 0 Å². The van der Waals surface area contributed by atoms with E-state index in [0.29, 0.717) is 5.84 Å². The Balaban J connectivity index is 0.000000325. The molecule has 0 aromatic heterocycles. The average Bonchev–Trinajstić information content (AvgIpc) is 4.04. The van der Waals surface area contributed by atoms with Crippen LogP contribution in [0.4, 0.5) is 34.1 Å². The summed E-state index contributed by atoms with van der Waals surface area (Å²) in [5.74, 6) is 4.03. The third-order valence-corrected chi connectivity index (χ3v) is 9.78. The number of ether oxygens (including phenoxy) is 2. The second kappa shape index (κ2) is 13.7. The van der Waals surface area contributed by atoms with Gasteiger partial charge in [-0.15, -0.1) is 0 Å². The molecule has 3 N–H and O–H groups in total. The standard InChI is InChI=1S/C38H27N3O2.C8H10N2/c1-5-13-33-29(9-1)40(30-10-2-6-14-34(30)42-33)27-21-17-25(18-22-27)37-38(39-37)26-19-23-28(24-20-26)41-31-11-3-7-15-35(31)43-36-16-8-4-12-32(36)41;1-10-8(9)7-5-3-2-4-6-7/h1-24,37-39H;2-6H,1H3,(H2,9,10). The molecule has 7 nitrogen and oxygen atoms in total. The Morgan fingerprint density at radius 1 is 0.472 bits per heavy atom. The minimum Gasteiger partial charge on any atom is -0.453 e. The highest BCUT2D eigenvalue weighted by Crippen LogP contribution is 2.52. The first-order chi connectivity index (χ1) is 26.2. The van der Waals surface area contributed by atoms with Crippen LogP contribution in [0.3, 0.4) is 0 Å². The molecule has 2 atom stereocenters. The van der Waals surface area contributed by atoms with Gasteiger partial charge < -0.3 is 25.0 Å². The van der Waals surface area contributed by atoms with Gasteiger partial charge in [0.05, 0.1) is 34.8 Å². The molecule has 53 heavy (non-hydrogen) atoms. The lowest BCUT2D eigenvalue weighted by molar-refractivity contribution is 0.476. The Hall–Kier alpha value is -6.83. The molecule has 2 unspecified atom stereocenters. The molecule has 0 radical (unpaired) electrons. The van der Waals surface area contributed by atoms with Crippen LogP contribution in [0.25, 0.3) is 0 Å². The van der Waals surface area contributed by atoms with Gasteiger partial charge in [0.2, 0.25) is 0 Å². The highest BCUT2D eigenvalue weighted by atomic mass is 16.5. The maximum Gasteiger partial charge on any atom is 0.151 e. The number of nitrogens with zero attached hydrogens (tertiary/aromatic N) is 3. The van der Waals surface area contributed by atoms with Crippen molar-refractivity contribution in [2.45, 2.75) is 12.1 Å². The van der Waals surface area contributed by atoms with Crippen LogP contribution < -0.4 is 30.3 Å². The zero-order valence-corrected chi connectivity index (χ0v) is 29.1. The zero-order chi connectivity index (χ0) is 35.7. The molecule has 0 spiro atoms. The van der Waals surface area contributed by atoms with E-state index in [4.69, 9.17) is 15.2 Å². The Bertz CT molecular complexity index is 2190. The number of nitrogens with one attached hydrogen (secondary N) is 1. The van der Waals surface area contributed by atoms with Crippen molar-refractivity contribution < 1.29 is 9.47 Å². The second-order valence-electron chi connectivity index (χ2n) is 13.0. The summed E-state index contributed by atoms with van der Waals surface area (Å²) in [6, 6.07) is 60.8. The molecule has 258 valence electrons. The van der Waals surface area contributed by atoms with Crippen LogP contribution in [-0.4, -0.2) is 12.9 Å². The molecule has 1 fully saturated rings. The number of hydrogen-bond donors (Lipinski definition) is 2. The van der Waals surface area contributed by atoms with Crippen LogP contribution in [0.5, 0.6) is 23.0 Å². The number of fused-ring (bicyclic) bond motifs is 4. The maximum atomic E-state index is 6.19. The lowest BCUT2D eigenvalue weighted by atomic mass is 10.0. The number of aliphatic imine (C=N–C) groups is 1. The van der Waals surface area contributed by atoms with Gasteiger partial charge in [-0.3, -0.25) is 10.3 Å². The van der Waals surface area contributed by atoms with Crippen molar-refractivity contribution in [3.05, 3.63) is 193 Å². The van der Waals surface area contributed by atoms with Crippen molar-refractivity contribution in [3.8, 4) is 23.0 Å². The third kappa shape index (κ3) is 6.13. The molecule has 7 aromatic rings. The summed E-state index contributed by atoms with van der Waals surface area (Å²) in [7, 11) is 1.68. The van der Waals surface area contributed by atoms with Crippen LogP contribution in [0.2, 0.25) is 0 Å². The molecule has 0 bridgehead atoms. The van der Waals surface area contributed by atoms with Crippen LogP contribution in [0, 0.1) is 0 Å². The van der Waals surface area contributed by atoms with Crippen LogP contribution >= 0.6 is 0 Å². The fourth-order valence-electron chi connectivity index (χ4n) is 7.08. The predicted molar refractivity (Wildman–Crippen MR) is 214 cm³/mol. The van der Waals surface area contributed by atoms with E-state index in [-0.39, 0.29) is 12.1 Å². The molecular weight excluding hydrogens is 655 g/mol. The fourth-order valence-corrected chi connectivity index (χ4v) is 7.08. The topological polar surface area (TPSA) is 85.3 Å². The lowest BCUT2D eigenvalue weighted by Crippen LogP contribution is -2.15. The van der Waals surface area contributed by atoms with Crippen molar-refractivity contribution in [2.24, 2.45) is 10.7 Å². The highest BCUT2D eigenvalue weighted by molar-refractivity contribution is 5.97. The quantitative estimate of drug-likeness (QED) is 0.106. The van der Waals surface area contributed by atoms with Gasteiger partial charge in [0.1, 0.15) is 5.84 Å². The molecule has 0 saturated carbocycles. The van der Waals surface area contributed by atoms with Gasteiger partial charge in [0.25, 0.3) is 0 Å². The smallest absolute Gasteiger partial charge is 0.151 e. The van der Waals surface area contributed by atoms with Gasteiger partial charge in [0, 0.05) is 24.0 Å². The molecule has 0 amide bonds. The van der Waals surface area contributed by atoms with Crippen molar-refractivity contribution in [1.82, 2.24) is 5.32 Å². The summed E-state index contributed by atoms with van der Waals surface area (Å²) in [6.07, 6.45) is 0. The SMILES string of the molecule is CN=C(N)c1ccccc1.c1ccc2c(c1)Oc1ccccc1N2c1ccc(C2NC2c2ccc(N3c4ccccc4Oc4ccccc43)cc2)cc1. The molecule has 3 aliphatic heterocycles. The van der Waals surface area contributed by atoms with Gasteiger partial charge in [-0.25, -0.2) is 0 Å². The van der Waals surface area contributed by atoms with E-state index in [1.165, 1.54) is 11.1 Å². The van der Waals surface area contributed by atoms with Gasteiger partial charge >= 0.3 is 0 Å². The summed E-state index contributed by atoms with van der Waals surface area (Å²) in [6.45, 7) is 0. The van der Waals surface area contributed by atoms with Crippen LogP contribution in [0.1, 0.15) is 28.8 Å². The number of nitrogens with two attached hydrogens (primary N) is 1. The number of para-hydroxylation sites is 8. The average molecular weight is 692 g/mol. The van der Waals surface area contributed by atoms with E-state index in [0.717, 1.165) is 62.7 Å². The van der Waals surface area contributed by atoms with Crippen molar-refractivity contribution in [3.63, 3.8) is 0 Å². The van der Waals surface area contributed by atoms with E-state index in [2.05, 4.69) is 117 Å². The van der Waals surface area contributed by atoms with E-state index in [1.54, 1.807) is 7.05 Å². The minimum atomic E-state index is 0.286. The van der Waals surface area contributed by atoms with Gasteiger partial charge in [-0.2, -0.15) is 0 Å². The second-order valence-corrected chi connectivity index (χ2v) is 13.0. The largest absolute Gasteiger partial charge is 0.453 e. The van der Waals surface area contributed by atoms with Gasteiger partial charge in [-0.1, -0.05) is 103 Å². The van der Waals surface area contributed by atoms with Crippen molar-refractivity contribution >= 4 is 40.0 Å². The molecule has 1 saturated heterocycles. The number of rotatable bonds is 5. The Morgan fingerprint density at radius 2 is 0.811 bits per heavy atom. The van der Waals surface area contributed by atoms with Gasteiger partial charge in [-0.05, 0) is 83.9 Å². The first kappa shape index (κ1) is 32.1.